The van der Waals surface area contributed by atoms with E-state index in [-0.39, 0.29) is 28.8 Å². The molecule has 1 unspecified atom stereocenters. The molecule has 46 heavy (non-hydrogen) atoms. The molecule has 3 atom stereocenters. The van der Waals surface area contributed by atoms with Gasteiger partial charge in [-0.1, -0.05) is 32.4 Å². The average Bonchev–Trinajstić information content (AvgIpc) is 3.73. The fourth-order valence-electron chi connectivity index (χ4n) is 6.45. The van der Waals surface area contributed by atoms with Gasteiger partial charge in [0.25, 0.3) is 0 Å². The maximum atomic E-state index is 9.92. The number of imidazole rings is 1. The van der Waals surface area contributed by atoms with Crippen molar-refractivity contribution in [2.45, 2.75) is 114 Å². The largest absolute Gasteiger partial charge is 0.412 e. The fourth-order valence-corrected chi connectivity index (χ4v) is 8.14. The van der Waals surface area contributed by atoms with E-state index in [4.69, 9.17) is 21.8 Å². The fraction of sp³-hybridized carbons (Fsp3) is 0.606. The van der Waals surface area contributed by atoms with Crippen LogP contribution in [0.4, 0.5) is 17.6 Å². The average molecular weight is 661 g/mol. The third-order valence-corrected chi connectivity index (χ3v) is 15.3. The summed E-state index contributed by atoms with van der Waals surface area (Å²) in [4.78, 5) is 16.2. The number of rotatable bonds is 8. The van der Waals surface area contributed by atoms with Gasteiger partial charge in [-0.15, -0.1) is 0 Å². The molecule has 3 fully saturated rings. The quantitative estimate of drug-likeness (QED) is 0.235. The monoisotopic (exact) mass is 660 g/mol. The van der Waals surface area contributed by atoms with Gasteiger partial charge in [-0.05, 0) is 99.8 Å². The molecule has 0 radical (unpaired) electrons. The number of nitriles is 2. The number of halogens is 1. The first-order valence-electron chi connectivity index (χ1n) is 16.5. The van der Waals surface area contributed by atoms with Gasteiger partial charge in [-0.3, -0.25) is 4.40 Å². The number of nitrogens with zero attached hydrogens (tertiary/aromatic N) is 7. The molecular weight excluding hydrogens is 616 g/mol. The van der Waals surface area contributed by atoms with Crippen LogP contribution in [0.5, 0.6) is 0 Å². The van der Waals surface area contributed by atoms with Gasteiger partial charge in [0.05, 0.1) is 34.6 Å². The minimum atomic E-state index is -1.92. The summed E-state index contributed by atoms with van der Waals surface area (Å²) in [5.74, 6) is 1.44. The number of benzene rings is 1. The Morgan fingerprint density at radius 3 is 2.41 bits per heavy atom. The maximum Gasteiger partial charge on any atom is 0.241 e. The molecule has 0 bridgehead atoms. The number of aromatic nitrogens is 4. The summed E-state index contributed by atoms with van der Waals surface area (Å²) in [6, 6.07) is 8.93. The van der Waals surface area contributed by atoms with E-state index < -0.39 is 8.32 Å². The molecule has 1 aromatic carbocycles. The molecular formula is C33H45ClN10OSi. The minimum absolute atomic E-state index is 0.0912. The van der Waals surface area contributed by atoms with Crippen molar-refractivity contribution in [3.05, 3.63) is 40.2 Å². The van der Waals surface area contributed by atoms with Gasteiger partial charge in [-0.2, -0.15) is 25.5 Å². The zero-order chi connectivity index (χ0) is 32.8. The Bertz CT molecular complexity index is 1680. The highest BCUT2D eigenvalue weighted by molar-refractivity contribution is 6.74. The van der Waals surface area contributed by atoms with Crippen LogP contribution < -0.4 is 16.4 Å². The van der Waals surface area contributed by atoms with Crippen molar-refractivity contribution in [3.8, 4) is 12.1 Å². The van der Waals surface area contributed by atoms with E-state index in [0.717, 1.165) is 63.6 Å². The molecule has 3 heterocycles. The summed E-state index contributed by atoms with van der Waals surface area (Å²) in [6.07, 6.45) is 8.81. The van der Waals surface area contributed by atoms with Crippen molar-refractivity contribution in [1.29, 1.82) is 10.5 Å². The number of fused-ring (bicyclic) bond motifs is 1. The van der Waals surface area contributed by atoms with E-state index in [2.05, 4.69) is 76.5 Å². The molecule has 2 aromatic heterocycles. The van der Waals surface area contributed by atoms with Crippen molar-refractivity contribution in [1.82, 2.24) is 24.3 Å². The van der Waals surface area contributed by atoms with E-state index in [1.807, 2.05) is 6.07 Å². The molecule has 244 valence electrons. The van der Waals surface area contributed by atoms with Crippen molar-refractivity contribution in [2.75, 3.05) is 23.7 Å². The third-order valence-electron chi connectivity index (χ3n) is 10.4. The molecule has 11 nitrogen and oxygen atoms in total. The number of nitrogens with two attached hydrogens (primary N) is 1. The first-order chi connectivity index (χ1) is 21.8. The van der Waals surface area contributed by atoms with Crippen LogP contribution in [0.1, 0.15) is 88.5 Å². The minimum Gasteiger partial charge on any atom is -0.412 e. The zero-order valence-corrected chi connectivity index (χ0v) is 29.2. The number of hydrogen-bond donors (Lipinski definition) is 3. The molecule has 2 saturated carbocycles. The first kappa shape index (κ1) is 32.7. The van der Waals surface area contributed by atoms with E-state index >= 15 is 0 Å². The highest BCUT2D eigenvalue weighted by atomic mass is 35.5. The molecule has 6 rings (SSSR count). The lowest BCUT2D eigenvalue weighted by molar-refractivity contribution is 0.0434. The second kappa shape index (κ2) is 12.7. The van der Waals surface area contributed by atoms with E-state index in [1.54, 1.807) is 16.7 Å². The lowest BCUT2D eigenvalue weighted by atomic mass is 9.84. The third kappa shape index (κ3) is 6.87. The number of likely N-dealkylation sites (tertiary alicyclic amines) is 1. The molecule has 1 saturated heterocycles. The van der Waals surface area contributed by atoms with Crippen LogP contribution in [0, 0.1) is 22.7 Å². The van der Waals surface area contributed by atoms with E-state index in [0.29, 0.717) is 46.0 Å². The molecule has 1 aliphatic heterocycles. The Labute approximate surface area is 277 Å². The second-order valence-corrected chi connectivity index (χ2v) is 19.9. The molecule has 0 spiro atoms. The van der Waals surface area contributed by atoms with Crippen molar-refractivity contribution < 1.29 is 4.43 Å². The topological polar surface area (TPSA) is 153 Å². The summed E-state index contributed by atoms with van der Waals surface area (Å²) in [5, 5.41) is 26.7. The maximum absolute atomic E-state index is 9.92. The summed E-state index contributed by atoms with van der Waals surface area (Å²) < 4.78 is 8.52. The Balaban J connectivity index is 1.17. The SMILES string of the molecule is CC(C)(C)[Si](C)(C)O[C@@H]1CC(N2CCC(c3cc(C#N)cc(Nc4nc(NC5CC5)n5cc(C#N)nc5n4)c3Cl)CC2)CC[C@H]1N. The number of piperidine rings is 1. The van der Waals surface area contributed by atoms with Crippen LogP contribution >= 0.6 is 11.6 Å². The molecule has 3 aromatic rings. The van der Waals surface area contributed by atoms with Gasteiger partial charge in [0.15, 0.2) is 14.0 Å². The van der Waals surface area contributed by atoms with Gasteiger partial charge in [-0.25, -0.2) is 0 Å². The van der Waals surface area contributed by atoms with Gasteiger partial charge in [0.2, 0.25) is 17.7 Å². The lowest BCUT2D eigenvalue weighted by Gasteiger charge is -2.47. The van der Waals surface area contributed by atoms with Gasteiger partial charge in [0.1, 0.15) is 6.07 Å². The predicted molar refractivity (Wildman–Crippen MR) is 183 cm³/mol. The van der Waals surface area contributed by atoms with Crippen molar-refractivity contribution in [2.24, 2.45) is 5.73 Å². The van der Waals surface area contributed by atoms with Gasteiger partial charge >= 0.3 is 0 Å². The normalized spacial score (nSPS) is 23.2. The molecule has 13 heteroatoms. The Kier molecular flexibility index (Phi) is 9.05. The number of anilines is 3. The number of nitrogens with one attached hydrogen (secondary N) is 2. The first-order valence-corrected chi connectivity index (χ1v) is 19.8. The molecule has 4 N–H and O–H groups in total. The highest BCUT2D eigenvalue weighted by Gasteiger charge is 2.43. The van der Waals surface area contributed by atoms with Crippen LogP contribution in [0.25, 0.3) is 5.78 Å². The Morgan fingerprint density at radius 2 is 1.76 bits per heavy atom. The lowest BCUT2D eigenvalue weighted by Crippen LogP contribution is -2.55. The van der Waals surface area contributed by atoms with Crippen molar-refractivity contribution >= 4 is 43.3 Å². The van der Waals surface area contributed by atoms with Crippen LogP contribution in [0.3, 0.4) is 0 Å². The zero-order valence-electron chi connectivity index (χ0n) is 27.5. The van der Waals surface area contributed by atoms with Crippen LogP contribution in [-0.4, -0.2) is 69.9 Å². The van der Waals surface area contributed by atoms with Gasteiger partial charge in [0, 0.05) is 18.1 Å². The molecule has 2 aliphatic carbocycles. The standard InChI is InChI=1S/C33H45ClN10OSi/c1-33(2,3)46(4,5)45-28-16-24(8-9-26(28)37)43-12-10-21(11-13-43)25-14-20(17-35)15-27(29(25)34)40-30-41-31(38-22-6-7-22)44-19-23(18-36)39-32(44)42-30/h14-15,19,21-22,24,26,28H,6-13,16,37H2,1-5H3,(H2,38,39,40,41,42)/t24?,26-,28-/m1/s1. The van der Waals surface area contributed by atoms with E-state index in [1.165, 1.54) is 0 Å². The molecule has 0 amide bonds. The van der Waals surface area contributed by atoms with Gasteiger partial charge < -0.3 is 25.7 Å². The summed E-state index contributed by atoms with van der Waals surface area (Å²) in [7, 11) is -1.92. The smallest absolute Gasteiger partial charge is 0.241 e. The summed E-state index contributed by atoms with van der Waals surface area (Å²) >= 11 is 7.07. The van der Waals surface area contributed by atoms with Crippen LogP contribution in [0.2, 0.25) is 23.2 Å². The number of hydrogen-bond acceptors (Lipinski definition) is 10. The molecule has 3 aliphatic rings. The Hall–Kier alpha value is -3.26. The van der Waals surface area contributed by atoms with Crippen LogP contribution in [-0.2, 0) is 4.43 Å². The second-order valence-electron chi connectivity index (χ2n) is 14.7. The Morgan fingerprint density at radius 1 is 1.02 bits per heavy atom. The predicted octanol–water partition coefficient (Wildman–Crippen LogP) is 6.29. The van der Waals surface area contributed by atoms with E-state index in [9.17, 15) is 10.5 Å². The van der Waals surface area contributed by atoms with Crippen molar-refractivity contribution in [3.63, 3.8) is 0 Å². The highest BCUT2D eigenvalue weighted by Crippen LogP contribution is 2.42. The summed E-state index contributed by atoms with van der Waals surface area (Å²) in [6.45, 7) is 13.4. The van der Waals surface area contributed by atoms with Crippen LogP contribution in [0.15, 0.2) is 18.3 Å². The summed E-state index contributed by atoms with van der Waals surface area (Å²) in [5.41, 5.74) is 8.94.